The van der Waals surface area contributed by atoms with Crippen LogP contribution in [0.4, 0.5) is 5.69 Å². The third kappa shape index (κ3) is 2.79. The Bertz CT molecular complexity index is 597. The Morgan fingerprint density at radius 1 is 1.26 bits per heavy atom. The van der Waals surface area contributed by atoms with Crippen LogP contribution in [0, 0.1) is 6.92 Å². The second kappa shape index (κ2) is 5.34. The first kappa shape index (κ1) is 12.8. The molecule has 98 valence electrons. The number of hydrogen-bond acceptors (Lipinski definition) is 6. The van der Waals surface area contributed by atoms with Gasteiger partial charge in [0.15, 0.2) is 0 Å². The van der Waals surface area contributed by atoms with Gasteiger partial charge in [0, 0.05) is 11.9 Å². The summed E-state index contributed by atoms with van der Waals surface area (Å²) >= 11 is 0. The van der Waals surface area contributed by atoms with Crippen molar-refractivity contribution in [3.8, 4) is 11.6 Å². The molecule has 2 aromatic rings. The first-order valence-corrected chi connectivity index (χ1v) is 5.55. The maximum Gasteiger partial charge on any atom is 0.340 e. The van der Waals surface area contributed by atoms with Gasteiger partial charge in [-0.3, -0.25) is 4.98 Å². The zero-order chi connectivity index (χ0) is 13.8. The van der Waals surface area contributed by atoms with Gasteiger partial charge in [-0.1, -0.05) is 0 Å². The van der Waals surface area contributed by atoms with E-state index < -0.39 is 5.97 Å². The number of pyridine rings is 2. The minimum atomic E-state index is -0.535. The van der Waals surface area contributed by atoms with Crippen molar-refractivity contribution in [2.24, 2.45) is 0 Å². The van der Waals surface area contributed by atoms with E-state index in [0.717, 1.165) is 5.69 Å². The number of carbonyl (C=O) groups is 1. The third-order valence-electron chi connectivity index (χ3n) is 2.46. The van der Waals surface area contributed by atoms with Crippen molar-refractivity contribution in [3.05, 3.63) is 41.9 Å². The van der Waals surface area contributed by atoms with E-state index in [1.165, 1.54) is 19.4 Å². The van der Waals surface area contributed by atoms with E-state index >= 15 is 0 Å². The molecule has 0 aliphatic heterocycles. The Hall–Kier alpha value is -2.63. The SMILES string of the molecule is COC(=O)c1ccnc(Oc2ccc(C)nc2)c1N. The molecular formula is C13H13N3O3. The Labute approximate surface area is 110 Å². The number of ether oxygens (including phenoxy) is 2. The summed E-state index contributed by atoms with van der Waals surface area (Å²) in [5.41, 5.74) is 7.05. The molecule has 0 fully saturated rings. The summed E-state index contributed by atoms with van der Waals surface area (Å²) in [6.07, 6.45) is 2.99. The molecule has 0 aliphatic rings. The number of esters is 1. The third-order valence-corrected chi connectivity index (χ3v) is 2.46. The lowest BCUT2D eigenvalue weighted by Crippen LogP contribution is -2.07. The number of nitrogens with two attached hydrogens (primary N) is 1. The maximum absolute atomic E-state index is 11.5. The molecule has 19 heavy (non-hydrogen) atoms. The highest BCUT2D eigenvalue weighted by atomic mass is 16.5. The van der Waals surface area contributed by atoms with Crippen LogP contribution >= 0.6 is 0 Å². The number of rotatable bonds is 3. The van der Waals surface area contributed by atoms with Crippen LogP contribution in [0.15, 0.2) is 30.6 Å². The smallest absolute Gasteiger partial charge is 0.340 e. The van der Waals surface area contributed by atoms with Crippen molar-refractivity contribution in [1.29, 1.82) is 0 Å². The average molecular weight is 259 g/mol. The van der Waals surface area contributed by atoms with E-state index in [9.17, 15) is 4.79 Å². The number of methoxy groups -OCH3 is 1. The van der Waals surface area contributed by atoms with Gasteiger partial charge in [0.2, 0.25) is 5.88 Å². The Kier molecular flexibility index (Phi) is 3.61. The number of nitrogen functional groups attached to an aromatic ring is 1. The molecule has 0 bridgehead atoms. The Balaban J connectivity index is 2.30. The summed E-state index contributed by atoms with van der Waals surface area (Å²) in [5.74, 6) is 0.104. The molecular weight excluding hydrogens is 246 g/mol. The molecule has 2 N–H and O–H groups in total. The fraction of sp³-hybridized carbons (Fsp3) is 0.154. The highest BCUT2D eigenvalue weighted by Gasteiger charge is 2.15. The predicted octanol–water partition coefficient (Wildman–Crippen LogP) is 1.95. The van der Waals surface area contributed by atoms with Crippen LogP contribution in [0.3, 0.4) is 0 Å². The molecule has 0 aromatic carbocycles. The largest absolute Gasteiger partial charge is 0.465 e. The minimum absolute atomic E-state index is 0.134. The van der Waals surface area contributed by atoms with Gasteiger partial charge in [0.1, 0.15) is 11.4 Å². The van der Waals surface area contributed by atoms with E-state index in [0.29, 0.717) is 5.75 Å². The van der Waals surface area contributed by atoms with Gasteiger partial charge in [0.05, 0.1) is 18.9 Å². The van der Waals surface area contributed by atoms with Crippen molar-refractivity contribution < 1.29 is 14.3 Å². The first-order chi connectivity index (χ1) is 9.11. The molecule has 0 saturated heterocycles. The van der Waals surface area contributed by atoms with Crippen molar-refractivity contribution >= 4 is 11.7 Å². The lowest BCUT2D eigenvalue weighted by atomic mass is 10.2. The van der Waals surface area contributed by atoms with Gasteiger partial charge in [-0.05, 0) is 25.1 Å². The van der Waals surface area contributed by atoms with E-state index in [1.807, 2.05) is 6.92 Å². The van der Waals surface area contributed by atoms with Gasteiger partial charge in [-0.2, -0.15) is 0 Å². The Morgan fingerprint density at radius 2 is 2.05 bits per heavy atom. The lowest BCUT2D eigenvalue weighted by molar-refractivity contribution is 0.0601. The van der Waals surface area contributed by atoms with E-state index in [1.54, 1.807) is 18.3 Å². The fourth-order valence-corrected chi connectivity index (χ4v) is 1.45. The van der Waals surface area contributed by atoms with Crippen LogP contribution in [0.2, 0.25) is 0 Å². The van der Waals surface area contributed by atoms with Crippen molar-refractivity contribution in [1.82, 2.24) is 9.97 Å². The van der Waals surface area contributed by atoms with Crippen LogP contribution in [0.5, 0.6) is 11.6 Å². The highest BCUT2D eigenvalue weighted by Crippen LogP contribution is 2.27. The monoisotopic (exact) mass is 259 g/mol. The predicted molar refractivity (Wildman–Crippen MR) is 69.0 cm³/mol. The second-order valence-corrected chi connectivity index (χ2v) is 3.81. The molecule has 6 nitrogen and oxygen atoms in total. The van der Waals surface area contributed by atoms with Crippen LogP contribution in [0.25, 0.3) is 0 Å². The molecule has 6 heteroatoms. The molecule has 0 unspecified atom stereocenters. The van der Waals surface area contributed by atoms with Crippen LogP contribution < -0.4 is 10.5 Å². The highest BCUT2D eigenvalue weighted by molar-refractivity contribution is 5.96. The van der Waals surface area contributed by atoms with Gasteiger partial charge < -0.3 is 15.2 Å². The van der Waals surface area contributed by atoms with E-state index in [2.05, 4.69) is 14.7 Å². The van der Waals surface area contributed by atoms with Gasteiger partial charge in [-0.25, -0.2) is 9.78 Å². The van der Waals surface area contributed by atoms with Gasteiger partial charge in [-0.15, -0.1) is 0 Å². The summed E-state index contributed by atoms with van der Waals surface area (Å²) in [4.78, 5) is 19.6. The van der Waals surface area contributed by atoms with Crippen molar-refractivity contribution in [2.45, 2.75) is 6.92 Å². The standard InChI is InChI=1S/C13H13N3O3/c1-8-3-4-9(7-16-8)19-12-11(14)10(5-6-15-12)13(17)18-2/h3-7H,14H2,1-2H3. The van der Waals surface area contributed by atoms with Crippen LogP contribution in [-0.2, 0) is 4.74 Å². The number of aryl methyl sites for hydroxylation is 1. The van der Waals surface area contributed by atoms with Crippen LogP contribution in [-0.4, -0.2) is 23.0 Å². The fourth-order valence-electron chi connectivity index (χ4n) is 1.45. The number of carbonyl (C=O) groups excluding carboxylic acids is 1. The first-order valence-electron chi connectivity index (χ1n) is 5.55. The van der Waals surface area contributed by atoms with Gasteiger partial charge in [0.25, 0.3) is 0 Å². The van der Waals surface area contributed by atoms with Crippen molar-refractivity contribution in [3.63, 3.8) is 0 Å². The van der Waals surface area contributed by atoms with E-state index in [-0.39, 0.29) is 17.1 Å². The zero-order valence-electron chi connectivity index (χ0n) is 10.6. The molecule has 0 radical (unpaired) electrons. The minimum Gasteiger partial charge on any atom is -0.465 e. The van der Waals surface area contributed by atoms with Crippen LogP contribution in [0.1, 0.15) is 16.1 Å². The summed E-state index contributed by atoms with van der Waals surface area (Å²) in [6.45, 7) is 1.87. The number of nitrogens with zero attached hydrogens (tertiary/aromatic N) is 2. The molecule has 0 aliphatic carbocycles. The molecule has 0 spiro atoms. The molecule has 0 atom stereocenters. The molecule has 2 aromatic heterocycles. The lowest BCUT2D eigenvalue weighted by Gasteiger charge is -2.09. The molecule has 0 amide bonds. The average Bonchev–Trinajstić information content (AvgIpc) is 2.43. The topological polar surface area (TPSA) is 87.3 Å². The summed E-state index contributed by atoms with van der Waals surface area (Å²) in [7, 11) is 1.28. The molecule has 0 saturated carbocycles. The second-order valence-electron chi connectivity index (χ2n) is 3.81. The number of anilines is 1. The molecule has 2 heterocycles. The summed E-state index contributed by atoms with van der Waals surface area (Å²) in [6, 6.07) is 5.02. The maximum atomic E-state index is 11.5. The quantitative estimate of drug-likeness (QED) is 0.847. The van der Waals surface area contributed by atoms with E-state index in [4.69, 9.17) is 10.5 Å². The van der Waals surface area contributed by atoms with Gasteiger partial charge >= 0.3 is 5.97 Å². The number of aromatic nitrogens is 2. The van der Waals surface area contributed by atoms with Crippen molar-refractivity contribution in [2.75, 3.05) is 12.8 Å². The zero-order valence-corrected chi connectivity index (χ0v) is 10.6. The number of hydrogen-bond donors (Lipinski definition) is 1. The Morgan fingerprint density at radius 3 is 2.68 bits per heavy atom. The molecule has 2 rings (SSSR count). The normalized spacial score (nSPS) is 10.0. The summed E-state index contributed by atoms with van der Waals surface area (Å²) in [5, 5.41) is 0. The summed E-state index contributed by atoms with van der Waals surface area (Å²) < 4.78 is 10.1.